The van der Waals surface area contributed by atoms with Crippen LogP contribution in [-0.4, -0.2) is 22.8 Å². The average Bonchev–Trinajstić information content (AvgIpc) is 2.72. The highest BCUT2D eigenvalue weighted by Crippen LogP contribution is 2.14. The van der Waals surface area contributed by atoms with Gasteiger partial charge in [0.05, 0.1) is 19.3 Å². The van der Waals surface area contributed by atoms with Crippen LogP contribution in [-0.2, 0) is 17.9 Å². The molecule has 3 aromatic rings. The summed E-state index contributed by atoms with van der Waals surface area (Å²) in [7, 11) is 1.60. The number of amides is 1. The van der Waals surface area contributed by atoms with Gasteiger partial charge >= 0.3 is 0 Å². The highest BCUT2D eigenvalue weighted by Gasteiger charge is 2.07. The minimum Gasteiger partial charge on any atom is -0.497 e. The topological polar surface area (TPSA) is 73.2 Å². The van der Waals surface area contributed by atoms with Crippen molar-refractivity contribution in [1.29, 1.82) is 0 Å². The maximum Gasteiger partial charge on any atom is 0.266 e. The van der Waals surface area contributed by atoms with Crippen LogP contribution in [0, 0.1) is 0 Å². The van der Waals surface area contributed by atoms with Gasteiger partial charge in [-0.3, -0.25) is 9.59 Å². The van der Waals surface area contributed by atoms with Gasteiger partial charge in [0, 0.05) is 24.6 Å². The number of hydrogen-bond acceptors (Lipinski definition) is 4. The SMILES string of the molecule is COc1cccc(CNC(=O)CCn2nc(-c3ccccc3)ccc2=O)c1. The summed E-state index contributed by atoms with van der Waals surface area (Å²) in [4.78, 5) is 24.1. The van der Waals surface area contributed by atoms with Crippen LogP contribution in [0.15, 0.2) is 71.5 Å². The van der Waals surface area contributed by atoms with Gasteiger partial charge in [-0.25, -0.2) is 4.68 Å². The van der Waals surface area contributed by atoms with E-state index >= 15 is 0 Å². The lowest BCUT2D eigenvalue weighted by atomic mass is 10.1. The van der Waals surface area contributed by atoms with Crippen molar-refractivity contribution in [2.75, 3.05) is 7.11 Å². The molecule has 3 rings (SSSR count). The zero-order valence-electron chi connectivity index (χ0n) is 15.1. The van der Waals surface area contributed by atoms with Crippen molar-refractivity contribution in [3.8, 4) is 17.0 Å². The van der Waals surface area contributed by atoms with E-state index in [0.29, 0.717) is 12.2 Å². The van der Waals surface area contributed by atoms with Gasteiger partial charge in [0.2, 0.25) is 5.91 Å². The van der Waals surface area contributed by atoms with Crippen molar-refractivity contribution in [2.24, 2.45) is 0 Å². The number of carbonyl (C=O) groups excluding carboxylic acids is 1. The first-order chi connectivity index (χ1) is 13.2. The van der Waals surface area contributed by atoms with Crippen molar-refractivity contribution in [3.05, 3.63) is 82.6 Å². The molecule has 0 aliphatic carbocycles. The molecule has 1 N–H and O–H groups in total. The third-order valence-corrected chi connectivity index (χ3v) is 4.11. The molecule has 6 heteroatoms. The standard InChI is InChI=1S/C21H21N3O3/c1-27-18-9-5-6-16(14-18)15-22-20(25)12-13-24-21(26)11-10-19(23-24)17-7-3-2-4-8-17/h2-11,14H,12-13,15H2,1H3,(H,22,25). The van der Waals surface area contributed by atoms with Crippen LogP contribution < -0.4 is 15.6 Å². The van der Waals surface area contributed by atoms with Gasteiger partial charge in [-0.2, -0.15) is 5.10 Å². The number of hydrogen-bond donors (Lipinski definition) is 1. The van der Waals surface area contributed by atoms with Crippen molar-refractivity contribution in [3.63, 3.8) is 0 Å². The van der Waals surface area contributed by atoms with Crippen LogP contribution >= 0.6 is 0 Å². The predicted octanol–water partition coefficient (Wildman–Crippen LogP) is 2.63. The van der Waals surface area contributed by atoms with E-state index in [-0.39, 0.29) is 24.4 Å². The molecule has 0 aliphatic rings. The Morgan fingerprint density at radius 2 is 1.89 bits per heavy atom. The van der Waals surface area contributed by atoms with Crippen LogP contribution in [0.3, 0.4) is 0 Å². The Morgan fingerprint density at radius 3 is 2.67 bits per heavy atom. The van der Waals surface area contributed by atoms with Gasteiger partial charge in [0.25, 0.3) is 5.56 Å². The van der Waals surface area contributed by atoms with E-state index in [1.807, 2.05) is 54.6 Å². The zero-order chi connectivity index (χ0) is 19.1. The van der Waals surface area contributed by atoms with Crippen LogP contribution in [0.25, 0.3) is 11.3 Å². The molecule has 1 aromatic heterocycles. The Labute approximate surface area is 157 Å². The fourth-order valence-corrected chi connectivity index (χ4v) is 2.65. The van der Waals surface area contributed by atoms with Crippen molar-refractivity contribution < 1.29 is 9.53 Å². The van der Waals surface area contributed by atoms with Gasteiger partial charge < -0.3 is 10.1 Å². The molecule has 138 valence electrons. The van der Waals surface area contributed by atoms with E-state index in [4.69, 9.17) is 4.74 Å². The fraction of sp³-hybridized carbons (Fsp3) is 0.190. The molecular weight excluding hydrogens is 342 g/mol. The minimum atomic E-state index is -0.227. The van der Waals surface area contributed by atoms with E-state index in [1.54, 1.807) is 13.2 Å². The number of aryl methyl sites for hydroxylation is 1. The quantitative estimate of drug-likeness (QED) is 0.700. The molecule has 0 saturated carbocycles. The largest absolute Gasteiger partial charge is 0.497 e. The second kappa shape index (κ2) is 8.80. The van der Waals surface area contributed by atoms with Crippen LogP contribution in [0.5, 0.6) is 5.75 Å². The molecule has 27 heavy (non-hydrogen) atoms. The Bertz CT molecular complexity index is 968. The lowest BCUT2D eigenvalue weighted by molar-refractivity contribution is -0.121. The summed E-state index contributed by atoms with van der Waals surface area (Å²) in [5.41, 5.74) is 2.35. The van der Waals surface area contributed by atoms with E-state index in [2.05, 4.69) is 10.4 Å². The number of carbonyl (C=O) groups is 1. The van der Waals surface area contributed by atoms with Gasteiger partial charge in [-0.05, 0) is 23.8 Å². The number of rotatable bonds is 7. The molecule has 0 saturated heterocycles. The number of aromatic nitrogens is 2. The number of benzene rings is 2. The highest BCUT2D eigenvalue weighted by molar-refractivity contribution is 5.75. The second-order valence-corrected chi connectivity index (χ2v) is 6.02. The smallest absolute Gasteiger partial charge is 0.266 e. The third-order valence-electron chi connectivity index (χ3n) is 4.11. The summed E-state index contributed by atoms with van der Waals surface area (Å²) in [6.45, 7) is 0.631. The maximum atomic E-state index is 12.1. The van der Waals surface area contributed by atoms with Gasteiger partial charge in [-0.15, -0.1) is 0 Å². The number of nitrogens with one attached hydrogen (secondary N) is 1. The first-order valence-corrected chi connectivity index (χ1v) is 8.69. The van der Waals surface area contributed by atoms with Crippen molar-refractivity contribution >= 4 is 5.91 Å². The van der Waals surface area contributed by atoms with Crippen molar-refractivity contribution in [1.82, 2.24) is 15.1 Å². The van der Waals surface area contributed by atoms with E-state index < -0.39 is 0 Å². The molecule has 0 spiro atoms. The summed E-state index contributed by atoms with van der Waals surface area (Å²) in [6, 6.07) is 20.3. The molecule has 0 unspecified atom stereocenters. The minimum absolute atomic E-state index is 0.142. The molecule has 0 fully saturated rings. The molecule has 2 aromatic carbocycles. The molecule has 0 bridgehead atoms. The predicted molar refractivity (Wildman–Crippen MR) is 103 cm³/mol. The molecule has 0 radical (unpaired) electrons. The molecule has 0 aliphatic heterocycles. The zero-order valence-corrected chi connectivity index (χ0v) is 15.1. The fourth-order valence-electron chi connectivity index (χ4n) is 2.65. The Hall–Kier alpha value is -3.41. The van der Waals surface area contributed by atoms with E-state index in [0.717, 1.165) is 16.9 Å². The normalized spacial score (nSPS) is 10.4. The van der Waals surface area contributed by atoms with E-state index in [1.165, 1.54) is 10.7 Å². The third kappa shape index (κ3) is 5.04. The van der Waals surface area contributed by atoms with Gasteiger partial charge in [0.1, 0.15) is 5.75 Å². The van der Waals surface area contributed by atoms with Gasteiger partial charge in [-0.1, -0.05) is 42.5 Å². The molecule has 1 amide bonds. The highest BCUT2D eigenvalue weighted by atomic mass is 16.5. The van der Waals surface area contributed by atoms with Crippen LogP contribution in [0.1, 0.15) is 12.0 Å². The molecule has 0 atom stereocenters. The maximum absolute atomic E-state index is 12.1. The second-order valence-electron chi connectivity index (χ2n) is 6.02. The van der Waals surface area contributed by atoms with Crippen molar-refractivity contribution in [2.45, 2.75) is 19.5 Å². The summed E-state index contributed by atoms with van der Waals surface area (Å²) in [5.74, 6) is 0.604. The summed E-state index contributed by atoms with van der Waals surface area (Å²) in [6.07, 6.45) is 0.176. The monoisotopic (exact) mass is 363 g/mol. The van der Waals surface area contributed by atoms with Crippen LogP contribution in [0.4, 0.5) is 0 Å². The average molecular weight is 363 g/mol. The summed E-state index contributed by atoms with van der Waals surface area (Å²) < 4.78 is 6.50. The van der Waals surface area contributed by atoms with Gasteiger partial charge in [0.15, 0.2) is 0 Å². The Kier molecular flexibility index (Phi) is 5.99. The molecular formula is C21H21N3O3. The Balaban J connectivity index is 1.59. The number of ether oxygens (including phenoxy) is 1. The number of methoxy groups -OCH3 is 1. The Morgan fingerprint density at radius 1 is 1.07 bits per heavy atom. The first kappa shape index (κ1) is 18.4. The first-order valence-electron chi connectivity index (χ1n) is 8.69. The lowest BCUT2D eigenvalue weighted by Gasteiger charge is -2.09. The molecule has 6 nitrogen and oxygen atoms in total. The molecule has 1 heterocycles. The van der Waals surface area contributed by atoms with E-state index in [9.17, 15) is 9.59 Å². The lowest BCUT2D eigenvalue weighted by Crippen LogP contribution is -2.28. The summed E-state index contributed by atoms with van der Waals surface area (Å²) >= 11 is 0. The summed E-state index contributed by atoms with van der Waals surface area (Å²) in [5, 5.41) is 7.21. The van der Waals surface area contributed by atoms with Crippen LogP contribution in [0.2, 0.25) is 0 Å². The number of nitrogens with zero attached hydrogens (tertiary/aromatic N) is 2.